The van der Waals surface area contributed by atoms with Gasteiger partial charge < -0.3 is 10.1 Å². The molecule has 0 aliphatic carbocycles. The summed E-state index contributed by atoms with van der Waals surface area (Å²) in [7, 11) is 1.47. The molecule has 1 amide bonds. The van der Waals surface area contributed by atoms with Crippen LogP contribution in [0.4, 0.5) is 0 Å². The van der Waals surface area contributed by atoms with Gasteiger partial charge in [-0.1, -0.05) is 0 Å². The van der Waals surface area contributed by atoms with Crippen LogP contribution in [0.1, 0.15) is 28.8 Å². The first-order valence-corrected chi connectivity index (χ1v) is 8.62. The van der Waals surface area contributed by atoms with Gasteiger partial charge in [-0.2, -0.15) is 0 Å². The molecular formula is C13H16ClNO4S. The van der Waals surface area contributed by atoms with Crippen LogP contribution in [0.2, 0.25) is 0 Å². The Bertz CT molecular complexity index is 609. The Kier molecular flexibility index (Phi) is 4.67. The lowest BCUT2D eigenvalue weighted by Crippen LogP contribution is -2.40. The average molecular weight is 318 g/mol. The van der Waals surface area contributed by atoms with Crippen molar-refractivity contribution in [2.24, 2.45) is 0 Å². The van der Waals surface area contributed by atoms with Gasteiger partial charge in [0, 0.05) is 22.9 Å². The molecule has 7 heteroatoms. The number of benzene rings is 1. The monoisotopic (exact) mass is 317 g/mol. The third-order valence-corrected chi connectivity index (χ3v) is 4.42. The predicted molar refractivity (Wildman–Crippen MR) is 75.5 cm³/mol. The van der Waals surface area contributed by atoms with E-state index in [0.717, 1.165) is 12.8 Å². The van der Waals surface area contributed by atoms with Crippen molar-refractivity contribution in [1.29, 1.82) is 0 Å². The van der Waals surface area contributed by atoms with Gasteiger partial charge in [0.15, 0.2) is 0 Å². The molecule has 1 heterocycles. The third-order valence-electron chi connectivity index (χ3n) is 3.09. The fourth-order valence-electron chi connectivity index (χ4n) is 2.14. The van der Waals surface area contributed by atoms with E-state index in [1.807, 2.05) is 0 Å². The summed E-state index contributed by atoms with van der Waals surface area (Å²) < 4.78 is 28.0. The molecule has 1 unspecified atom stereocenters. The third kappa shape index (κ3) is 3.94. The molecule has 1 atom stereocenters. The van der Waals surface area contributed by atoms with E-state index in [9.17, 15) is 13.2 Å². The standard InChI is InChI=1S/C13H16ClNO4S/c1-9-5-10(7-12(6-9)20(14,17)18)13(16)15-11-3-2-4-19-8-11/h5-7,11H,2-4,8H2,1H3,(H,15,16). The van der Waals surface area contributed by atoms with Crippen molar-refractivity contribution in [2.75, 3.05) is 13.2 Å². The van der Waals surface area contributed by atoms with E-state index in [2.05, 4.69) is 5.32 Å². The normalized spacial score (nSPS) is 19.6. The van der Waals surface area contributed by atoms with Crippen LogP contribution in [0.25, 0.3) is 0 Å². The molecule has 1 aliphatic rings. The molecule has 1 saturated heterocycles. The van der Waals surface area contributed by atoms with Gasteiger partial charge in [-0.15, -0.1) is 0 Å². The average Bonchev–Trinajstić information content (AvgIpc) is 2.38. The largest absolute Gasteiger partial charge is 0.379 e. The Hall–Kier alpha value is -1.11. The lowest BCUT2D eigenvalue weighted by Gasteiger charge is -2.23. The fraction of sp³-hybridized carbons (Fsp3) is 0.462. The minimum atomic E-state index is -3.85. The Labute approximate surface area is 122 Å². The summed E-state index contributed by atoms with van der Waals surface area (Å²) in [6, 6.07) is 4.31. The molecule has 0 radical (unpaired) electrons. The number of aryl methyl sites for hydroxylation is 1. The maximum Gasteiger partial charge on any atom is 0.261 e. The highest BCUT2D eigenvalue weighted by Crippen LogP contribution is 2.19. The van der Waals surface area contributed by atoms with E-state index in [4.69, 9.17) is 15.4 Å². The molecular weight excluding hydrogens is 302 g/mol. The Morgan fingerprint density at radius 3 is 2.75 bits per heavy atom. The summed E-state index contributed by atoms with van der Waals surface area (Å²) in [6.45, 7) is 2.91. The molecule has 0 aromatic heterocycles. The summed E-state index contributed by atoms with van der Waals surface area (Å²) in [5.74, 6) is -0.314. The van der Waals surface area contributed by atoms with Crippen molar-refractivity contribution < 1.29 is 17.9 Å². The Balaban J connectivity index is 2.19. The van der Waals surface area contributed by atoms with Crippen LogP contribution >= 0.6 is 10.7 Å². The number of rotatable bonds is 3. The molecule has 1 fully saturated rings. The number of nitrogens with one attached hydrogen (secondary N) is 1. The van der Waals surface area contributed by atoms with Crippen molar-refractivity contribution in [3.8, 4) is 0 Å². The number of hydrogen-bond acceptors (Lipinski definition) is 4. The number of hydrogen-bond donors (Lipinski definition) is 1. The van der Waals surface area contributed by atoms with E-state index >= 15 is 0 Å². The van der Waals surface area contributed by atoms with Crippen molar-refractivity contribution in [1.82, 2.24) is 5.32 Å². The smallest absolute Gasteiger partial charge is 0.261 e. The van der Waals surface area contributed by atoms with Gasteiger partial charge >= 0.3 is 0 Å². The lowest BCUT2D eigenvalue weighted by atomic mass is 10.1. The molecule has 1 aromatic carbocycles. The summed E-state index contributed by atoms with van der Waals surface area (Å²) in [4.78, 5) is 12.1. The zero-order valence-electron chi connectivity index (χ0n) is 11.1. The zero-order valence-corrected chi connectivity index (χ0v) is 12.6. The minimum Gasteiger partial charge on any atom is -0.379 e. The van der Waals surface area contributed by atoms with Gasteiger partial charge in [0.1, 0.15) is 0 Å². The maximum absolute atomic E-state index is 12.1. The molecule has 0 bridgehead atoms. The molecule has 1 N–H and O–H groups in total. The van der Waals surface area contributed by atoms with Crippen LogP contribution < -0.4 is 5.32 Å². The van der Waals surface area contributed by atoms with Crippen molar-refractivity contribution in [3.63, 3.8) is 0 Å². The summed E-state index contributed by atoms with van der Waals surface area (Å²) in [5.41, 5.74) is 0.951. The maximum atomic E-state index is 12.1. The number of carbonyl (C=O) groups excluding carboxylic acids is 1. The van der Waals surface area contributed by atoms with E-state index < -0.39 is 9.05 Å². The number of halogens is 1. The van der Waals surface area contributed by atoms with Crippen molar-refractivity contribution in [2.45, 2.75) is 30.7 Å². The van der Waals surface area contributed by atoms with Crippen LogP contribution in [0.3, 0.4) is 0 Å². The first kappa shape index (κ1) is 15.3. The molecule has 2 rings (SSSR count). The quantitative estimate of drug-likeness (QED) is 0.863. The summed E-state index contributed by atoms with van der Waals surface area (Å²) in [6.07, 6.45) is 1.76. The molecule has 1 aliphatic heterocycles. The molecule has 20 heavy (non-hydrogen) atoms. The van der Waals surface area contributed by atoms with Gasteiger partial charge in [0.25, 0.3) is 15.0 Å². The van der Waals surface area contributed by atoms with Crippen LogP contribution in [0.5, 0.6) is 0 Å². The molecule has 1 aromatic rings. The van der Waals surface area contributed by atoms with Crippen LogP contribution in [0.15, 0.2) is 23.1 Å². The number of carbonyl (C=O) groups is 1. The van der Waals surface area contributed by atoms with Gasteiger partial charge in [0.2, 0.25) is 0 Å². The summed E-state index contributed by atoms with van der Waals surface area (Å²) in [5, 5.41) is 2.84. The van der Waals surface area contributed by atoms with Crippen LogP contribution in [0, 0.1) is 6.92 Å². The van der Waals surface area contributed by atoms with E-state index in [1.54, 1.807) is 13.0 Å². The lowest BCUT2D eigenvalue weighted by molar-refractivity contribution is 0.0624. The second kappa shape index (κ2) is 6.11. The van der Waals surface area contributed by atoms with E-state index in [1.165, 1.54) is 12.1 Å². The van der Waals surface area contributed by atoms with Gasteiger partial charge in [-0.3, -0.25) is 4.79 Å². The fourth-order valence-corrected chi connectivity index (χ4v) is 3.00. The Morgan fingerprint density at radius 2 is 2.15 bits per heavy atom. The van der Waals surface area contributed by atoms with Gasteiger partial charge in [0.05, 0.1) is 17.5 Å². The SMILES string of the molecule is Cc1cc(C(=O)NC2CCCOC2)cc(S(=O)(=O)Cl)c1. The Morgan fingerprint density at radius 1 is 1.40 bits per heavy atom. The van der Waals surface area contributed by atoms with E-state index in [-0.39, 0.29) is 22.4 Å². The summed E-state index contributed by atoms with van der Waals surface area (Å²) >= 11 is 0. The molecule has 0 saturated carbocycles. The highest BCUT2D eigenvalue weighted by molar-refractivity contribution is 8.13. The van der Waals surface area contributed by atoms with Crippen LogP contribution in [-0.4, -0.2) is 33.6 Å². The van der Waals surface area contributed by atoms with E-state index in [0.29, 0.717) is 18.8 Å². The first-order valence-electron chi connectivity index (χ1n) is 6.31. The topological polar surface area (TPSA) is 72.5 Å². The molecule has 5 nitrogen and oxygen atoms in total. The second-order valence-corrected chi connectivity index (χ2v) is 7.43. The van der Waals surface area contributed by atoms with Crippen molar-refractivity contribution >= 4 is 25.6 Å². The highest BCUT2D eigenvalue weighted by Gasteiger charge is 2.19. The number of amides is 1. The molecule has 110 valence electrons. The van der Waals surface area contributed by atoms with Gasteiger partial charge in [-0.05, 0) is 43.5 Å². The zero-order chi connectivity index (χ0) is 14.8. The first-order chi connectivity index (χ1) is 9.36. The molecule has 0 spiro atoms. The van der Waals surface area contributed by atoms with Crippen LogP contribution in [-0.2, 0) is 13.8 Å². The number of ether oxygens (including phenoxy) is 1. The second-order valence-electron chi connectivity index (χ2n) is 4.86. The minimum absolute atomic E-state index is 0.0344. The predicted octanol–water partition coefficient (Wildman–Crippen LogP) is 1.83. The van der Waals surface area contributed by atoms with Gasteiger partial charge in [-0.25, -0.2) is 8.42 Å². The highest BCUT2D eigenvalue weighted by atomic mass is 35.7. The van der Waals surface area contributed by atoms with Crippen molar-refractivity contribution in [3.05, 3.63) is 29.3 Å².